The summed E-state index contributed by atoms with van der Waals surface area (Å²) in [6.07, 6.45) is 4.60. The van der Waals surface area contributed by atoms with Crippen LogP contribution in [0.1, 0.15) is 16.8 Å². The zero-order chi connectivity index (χ0) is 17.1. The van der Waals surface area contributed by atoms with E-state index in [1.807, 2.05) is 31.3 Å². The molecular weight excluding hydrogens is 306 g/mol. The van der Waals surface area contributed by atoms with Crippen LogP contribution >= 0.6 is 0 Å². The van der Waals surface area contributed by atoms with Crippen molar-refractivity contribution in [2.45, 2.75) is 18.6 Å². The van der Waals surface area contributed by atoms with E-state index in [1.54, 1.807) is 29.1 Å². The van der Waals surface area contributed by atoms with Crippen molar-refractivity contribution in [2.75, 3.05) is 34.3 Å². The van der Waals surface area contributed by atoms with E-state index >= 15 is 0 Å². The summed E-state index contributed by atoms with van der Waals surface area (Å²) in [5, 5.41) is 7.73. The third-order valence-corrected chi connectivity index (χ3v) is 4.62. The molecule has 2 atom stereocenters. The van der Waals surface area contributed by atoms with Gasteiger partial charge in [-0.15, -0.1) is 5.10 Å². The summed E-state index contributed by atoms with van der Waals surface area (Å²) in [6.45, 7) is 1.61. The van der Waals surface area contributed by atoms with Crippen molar-refractivity contribution < 1.29 is 9.53 Å². The first-order valence-corrected chi connectivity index (χ1v) is 8.03. The molecule has 0 saturated carbocycles. The van der Waals surface area contributed by atoms with Crippen LogP contribution in [-0.2, 0) is 4.74 Å². The molecule has 1 amide bonds. The van der Waals surface area contributed by atoms with E-state index in [2.05, 4.69) is 22.3 Å². The Morgan fingerprint density at radius 3 is 2.71 bits per heavy atom. The van der Waals surface area contributed by atoms with Crippen LogP contribution in [-0.4, -0.2) is 77.1 Å². The van der Waals surface area contributed by atoms with E-state index in [0.29, 0.717) is 18.2 Å². The third kappa shape index (κ3) is 3.47. The number of amides is 1. The number of aromatic nitrogens is 3. The number of benzene rings is 1. The van der Waals surface area contributed by atoms with Gasteiger partial charge in [0.1, 0.15) is 0 Å². The van der Waals surface area contributed by atoms with Crippen LogP contribution in [0.15, 0.2) is 36.7 Å². The molecule has 24 heavy (non-hydrogen) atoms. The highest BCUT2D eigenvalue weighted by molar-refractivity contribution is 5.94. The molecule has 1 aliphatic rings. The second-order valence-corrected chi connectivity index (χ2v) is 6.27. The fraction of sp³-hybridized carbons (Fsp3) is 0.471. The lowest BCUT2D eigenvalue weighted by Gasteiger charge is -2.25. The molecule has 2 heterocycles. The number of rotatable bonds is 5. The maximum absolute atomic E-state index is 12.6. The van der Waals surface area contributed by atoms with Gasteiger partial charge >= 0.3 is 0 Å². The number of hydrogen-bond donors (Lipinski definition) is 0. The van der Waals surface area contributed by atoms with Crippen LogP contribution in [0.3, 0.4) is 0 Å². The Morgan fingerprint density at radius 2 is 2.12 bits per heavy atom. The van der Waals surface area contributed by atoms with Crippen LogP contribution in [0.25, 0.3) is 5.69 Å². The molecule has 0 bridgehead atoms. The smallest absolute Gasteiger partial charge is 0.253 e. The van der Waals surface area contributed by atoms with Crippen molar-refractivity contribution in [1.29, 1.82) is 0 Å². The minimum Gasteiger partial charge on any atom is -0.380 e. The van der Waals surface area contributed by atoms with Crippen LogP contribution in [0, 0.1) is 0 Å². The van der Waals surface area contributed by atoms with Crippen molar-refractivity contribution >= 4 is 5.91 Å². The zero-order valence-corrected chi connectivity index (χ0v) is 14.3. The number of ether oxygens (including phenoxy) is 1. The Kier molecular flexibility index (Phi) is 4.92. The lowest BCUT2D eigenvalue weighted by molar-refractivity contribution is 0.0760. The number of likely N-dealkylation sites (tertiary alicyclic amines) is 1. The molecule has 1 aromatic carbocycles. The standard InChI is InChI=1S/C17H23N5O2/c1-20-12-16(24-3)10-15(20)11-21(2)17(23)13-4-6-14(7-5-13)22-9-8-18-19-22/h4-9,15-16H,10-12H2,1-3H3/t15-,16-/m0/s1. The quantitative estimate of drug-likeness (QED) is 0.821. The molecular formula is C17H23N5O2. The largest absolute Gasteiger partial charge is 0.380 e. The fourth-order valence-corrected chi connectivity index (χ4v) is 3.13. The predicted molar refractivity (Wildman–Crippen MR) is 90.2 cm³/mol. The van der Waals surface area contributed by atoms with Crippen molar-refractivity contribution in [3.63, 3.8) is 0 Å². The average Bonchev–Trinajstić information content (AvgIpc) is 3.25. The lowest BCUT2D eigenvalue weighted by Crippen LogP contribution is -2.39. The topological polar surface area (TPSA) is 63.5 Å². The van der Waals surface area contributed by atoms with E-state index in [-0.39, 0.29) is 12.0 Å². The SMILES string of the molecule is CO[C@H]1C[C@@H](CN(C)C(=O)c2ccc(-n3ccnn3)cc2)N(C)C1. The lowest BCUT2D eigenvalue weighted by atomic mass is 10.1. The second-order valence-electron chi connectivity index (χ2n) is 6.27. The van der Waals surface area contributed by atoms with Crippen LogP contribution in [0.5, 0.6) is 0 Å². The van der Waals surface area contributed by atoms with Gasteiger partial charge in [-0.05, 0) is 37.7 Å². The van der Waals surface area contributed by atoms with Crippen LogP contribution < -0.4 is 0 Å². The number of nitrogens with zero attached hydrogens (tertiary/aromatic N) is 5. The summed E-state index contributed by atoms with van der Waals surface area (Å²) in [5.41, 5.74) is 1.55. The number of hydrogen-bond acceptors (Lipinski definition) is 5. The van der Waals surface area contributed by atoms with Gasteiger partial charge in [-0.3, -0.25) is 9.69 Å². The van der Waals surface area contributed by atoms with Gasteiger partial charge < -0.3 is 9.64 Å². The first-order valence-electron chi connectivity index (χ1n) is 8.03. The summed E-state index contributed by atoms with van der Waals surface area (Å²) in [4.78, 5) is 16.7. The van der Waals surface area contributed by atoms with Gasteiger partial charge in [0.25, 0.3) is 5.91 Å². The van der Waals surface area contributed by atoms with E-state index in [0.717, 1.165) is 18.7 Å². The van der Waals surface area contributed by atoms with Crippen molar-refractivity contribution in [1.82, 2.24) is 24.8 Å². The maximum atomic E-state index is 12.6. The van der Waals surface area contributed by atoms with Crippen LogP contribution in [0.4, 0.5) is 0 Å². The molecule has 7 heteroatoms. The van der Waals surface area contributed by atoms with Gasteiger partial charge in [0.2, 0.25) is 0 Å². The van der Waals surface area contributed by atoms with Crippen molar-refractivity contribution in [3.05, 3.63) is 42.2 Å². The minimum absolute atomic E-state index is 0.0226. The third-order valence-electron chi connectivity index (χ3n) is 4.62. The summed E-state index contributed by atoms with van der Waals surface area (Å²) in [7, 11) is 5.67. The molecule has 1 saturated heterocycles. The summed E-state index contributed by atoms with van der Waals surface area (Å²) in [5.74, 6) is 0.0226. The van der Waals surface area contributed by atoms with Gasteiger partial charge in [-0.2, -0.15) is 0 Å². The normalized spacial score (nSPS) is 21.1. The number of methoxy groups -OCH3 is 1. The molecule has 1 aromatic heterocycles. The molecule has 7 nitrogen and oxygen atoms in total. The minimum atomic E-state index is 0.0226. The van der Waals surface area contributed by atoms with Gasteiger partial charge in [0, 0.05) is 38.9 Å². The molecule has 0 spiro atoms. The number of likely N-dealkylation sites (N-methyl/N-ethyl adjacent to an activating group) is 2. The Bertz CT molecular complexity index is 671. The highest BCUT2D eigenvalue weighted by atomic mass is 16.5. The molecule has 3 rings (SSSR count). The summed E-state index contributed by atoms with van der Waals surface area (Å²) in [6, 6.07) is 7.73. The maximum Gasteiger partial charge on any atom is 0.253 e. The Morgan fingerprint density at radius 1 is 1.38 bits per heavy atom. The first-order chi connectivity index (χ1) is 11.6. The van der Waals surface area contributed by atoms with Crippen LogP contribution in [0.2, 0.25) is 0 Å². The highest BCUT2D eigenvalue weighted by Crippen LogP contribution is 2.19. The number of carbonyl (C=O) groups excluding carboxylic acids is 1. The summed E-state index contributed by atoms with van der Waals surface area (Å²) < 4.78 is 7.09. The summed E-state index contributed by atoms with van der Waals surface area (Å²) >= 11 is 0. The number of carbonyl (C=O) groups is 1. The average molecular weight is 329 g/mol. The predicted octanol–water partition coefficient (Wildman–Crippen LogP) is 1.06. The van der Waals surface area contributed by atoms with Gasteiger partial charge in [-0.1, -0.05) is 5.21 Å². The Balaban J connectivity index is 1.63. The zero-order valence-electron chi connectivity index (χ0n) is 14.3. The highest BCUT2D eigenvalue weighted by Gasteiger charge is 2.31. The molecule has 0 N–H and O–H groups in total. The molecule has 0 unspecified atom stereocenters. The van der Waals surface area contributed by atoms with Gasteiger partial charge in [0.15, 0.2) is 0 Å². The van der Waals surface area contributed by atoms with E-state index in [4.69, 9.17) is 4.74 Å². The van der Waals surface area contributed by atoms with Gasteiger partial charge in [-0.25, -0.2) is 4.68 Å². The fourth-order valence-electron chi connectivity index (χ4n) is 3.13. The molecule has 1 aliphatic heterocycles. The molecule has 1 fully saturated rings. The second kappa shape index (κ2) is 7.11. The Hall–Kier alpha value is -2.25. The molecule has 0 radical (unpaired) electrons. The van der Waals surface area contributed by atoms with E-state index < -0.39 is 0 Å². The molecule has 128 valence electrons. The van der Waals surface area contributed by atoms with E-state index in [1.165, 1.54) is 0 Å². The first kappa shape index (κ1) is 16.6. The Labute approximate surface area is 141 Å². The van der Waals surface area contributed by atoms with Crippen molar-refractivity contribution in [2.24, 2.45) is 0 Å². The molecule has 0 aliphatic carbocycles. The monoisotopic (exact) mass is 329 g/mol. The molecule has 2 aromatic rings. The van der Waals surface area contributed by atoms with E-state index in [9.17, 15) is 4.79 Å². The van der Waals surface area contributed by atoms with Gasteiger partial charge in [0.05, 0.1) is 24.2 Å². The van der Waals surface area contributed by atoms with Crippen molar-refractivity contribution in [3.8, 4) is 5.69 Å².